The van der Waals surface area contributed by atoms with Crippen LogP contribution < -0.4 is 20.1 Å². The molecular weight excluding hydrogens is 400 g/mol. The van der Waals surface area contributed by atoms with Gasteiger partial charge in [-0.25, -0.2) is 4.98 Å². The van der Waals surface area contributed by atoms with Crippen molar-refractivity contribution in [1.29, 1.82) is 0 Å². The van der Waals surface area contributed by atoms with Crippen LogP contribution in [0.1, 0.15) is 0 Å². The van der Waals surface area contributed by atoms with Gasteiger partial charge in [-0.2, -0.15) is 4.98 Å². The summed E-state index contributed by atoms with van der Waals surface area (Å²) in [6.45, 7) is 0. The van der Waals surface area contributed by atoms with E-state index in [1.54, 1.807) is 18.5 Å². The molecule has 0 aliphatic rings. The summed E-state index contributed by atoms with van der Waals surface area (Å²) in [5.41, 5.74) is 1.90. The molecule has 2 aromatic carbocycles. The zero-order valence-corrected chi connectivity index (χ0v) is 16.7. The maximum Gasteiger partial charge on any atom is 0.314 e. The molecule has 0 aliphatic heterocycles. The fourth-order valence-electron chi connectivity index (χ4n) is 3.02. The minimum absolute atomic E-state index is 0.0878. The van der Waals surface area contributed by atoms with Crippen molar-refractivity contribution in [3.8, 4) is 11.5 Å². The minimum Gasteiger partial charge on any atom is -0.494 e. The van der Waals surface area contributed by atoms with Crippen molar-refractivity contribution in [3.05, 3.63) is 71.0 Å². The standard InChI is InChI=1S/C21H18N6O4/c1-30-18-11-17(27(28)29)19(31-2)10-16(18)25-21-22-8-7-20(26-21)24-14-9-13-5-3-4-6-15(13)23-12-14/h3-12H,1-2H3,(H2,22,24,25,26). The third-order valence-corrected chi connectivity index (χ3v) is 4.46. The fraction of sp³-hybridized carbons (Fsp3) is 0.0952. The monoisotopic (exact) mass is 418 g/mol. The molecule has 156 valence electrons. The van der Waals surface area contributed by atoms with Gasteiger partial charge in [-0.1, -0.05) is 18.2 Å². The van der Waals surface area contributed by atoms with Gasteiger partial charge in [-0.15, -0.1) is 0 Å². The predicted octanol–water partition coefficient (Wildman–Crippen LogP) is 4.44. The lowest BCUT2D eigenvalue weighted by atomic mass is 10.2. The van der Waals surface area contributed by atoms with Crippen LogP contribution in [0.15, 0.2) is 60.9 Å². The quantitative estimate of drug-likeness (QED) is 0.331. The van der Waals surface area contributed by atoms with Crippen molar-refractivity contribution in [2.24, 2.45) is 0 Å². The number of pyridine rings is 1. The largest absolute Gasteiger partial charge is 0.494 e. The van der Waals surface area contributed by atoms with Crippen LogP contribution in [0.5, 0.6) is 11.5 Å². The number of rotatable bonds is 7. The maximum absolute atomic E-state index is 11.2. The van der Waals surface area contributed by atoms with Crippen LogP contribution >= 0.6 is 0 Å². The molecule has 0 aliphatic carbocycles. The molecule has 2 heterocycles. The summed E-state index contributed by atoms with van der Waals surface area (Å²) in [6, 6.07) is 14.2. The summed E-state index contributed by atoms with van der Waals surface area (Å²) in [5.74, 6) is 1.16. The number of methoxy groups -OCH3 is 2. The highest BCUT2D eigenvalue weighted by molar-refractivity contribution is 5.82. The van der Waals surface area contributed by atoms with Crippen LogP contribution in [0.2, 0.25) is 0 Å². The highest BCUT2D eigenvalue weighted by Gasteiger charge is 2.20. The topological polar surface area (TPSA) is 124 Å². The number of nitrogens with one attached hydrogen (secondary N) is 2. The van der Waals surface area contributed by atoms with Crippen molar-refractivity contribution < 1.29 is 14.4 Å². The molecular formula is C21H18N6O4. The number of nitro groups is 1. The summed E-state index contributed by atoms with van der Waals surface area (Å²) in [7, 11) is 2.78. The van der Waals surface area contributed by atoms with E-state index in [-0.39, 0.29) is 23.1 Å². The second-order valence-electron chi connectivity index (χ2n) is 6.41. The Morgan fingerprint density at radius 1 is 0.968 bits per heavy atom. The number of ether oxygens (including phenoxy) is 2. The maximum atomic E-state index is 11.2. The van der Waals surface area contributed by atoms with E-state index in [1.807, 2.05) is 30.3 Å². The molecule has 0 unspecified atom stereocenters. The SMILES string of the molecule is COc1cc([N+](=O)[O-])c(OC)cc1Nc1nccc(Nc2cnc3ccccc3c2)n1. The Labute approximate surface area is 177 Å². The lowest BCUT2D eigenvalue weighted by molar-refractivity contribution is -0.385. The summed E-state index contributed by atoms with van der Waals surface area (Å²) in [6.07, 6.45) is 3.31. The average molecular weight is 418 g/mol. The first kappa shape index (κ1) is 19.8. The lowest BCUT2D eigenvalue weighted by Gasteiger charge is -2.13. The van der Waals surface area contributed by atoms with Crippen LogP contribution in [0.25, 0.3) is 10.9 Å². The number of hydrogen-bond donors (Lipinski definition) is 2. The van der Waals surface area contributed by atoms with E-state index in [9.17, 15) is 10.1 Å². The van der Waals surface area contributed by atoms with Crippen molar-refractivity contribution in [1.82, 2.24) is 15.0 Å². The van der Waals surface area contributed by atoms with Gasteiger partial charge in [0, 0.05) is 17.6 Å². The van der Waals surface area contributed by atoms with E-state index in [0.717, 1.165) is 16.6 Å². The second-order valence-corrected chi connectivity index (χ2v) is 6.41. The van der Waals surface area contributed by atoms with Crippen molar-refractivity contribution in [2.45, 2.75) is 0 Å². The number of nitrogens with zero attached hydrogens (tertiary/aromatic N) is 4. The first-order chi connectivity index (χ1) is 15.1. The van der Waals surface area contributed by atoms with E-state index in [1.165, 1.54) is 26.4 Å². The highest BCUT2D eigenvalue weighted by atomic mass is 16.6. The number of anilines is 4. The van der Waals surface area contributed by atoms with Crippen LogP contribution in [0.4, 0.5) is 28.8 Å². The van der Waals surface area contributed by atoms with Gasteiger partial charge >= 0.3 is 5.69 Å². The first-order valence-electron chi connectivity index (χ1n) is 9.19. The Hall–Kier alpha value is -4.47. The van der Waals surface area contributed by atoms with Crippen LogP contribution in [-0.4, -0.2) is 34.1 Å². The van der Waals surface area contributed by atoms with Crippen LogP contribution in [-0.2, 0) is 0 Å². The Morgan fingerprint density at radius 2 is 1.77 bits per heavy atom. The van der Waals surface area contributed by atoms with Gasteiger partial charge in [0.15, 0.2) is 5.75 Å². The minimum atomic E-state index is -0.538. The van der Waals surface area contributed by atoms with E-state index in [2.05, 4.69) is 25.6 Å². The number of nitro benzene ring substituents is 1. The molecule has 0 spiro atoms. The van der Waals surface area contributed by atoms with Crippen molar-refractivity contribution in [2.75, 3.05) is 24.9 Å². The molecule has 0 radical (unpaired) electrons. The van der Waals surface area contributed by atoms with Gasteiger partial charge in [0.25, 0.3) is 0 Å². The lowest BCUT2D eigenvalue weighted by Crippen LogP contribution is -2.03. The Kier molecular flexibility index (Phi) is 5.43. The van der Waals surface area contributed by atoms with Crippen LogP contribution in [0.3, 0.4) is 0 Å². The van der Waals surface area contributed by atoms with Gasteiger partial charge in [-0.3, -0.25) is 15.1 Å². The molecule has 4 aromatic rings. The third kappa shape index (κ3) is 4.27. The number of aromatic nitrogens is 3. The van der Waals surface area contributed by atoms with Crippen molar-refractivity contribution in [3.63, 3.8) is 0 Å². The first-order valence-corrected chi connectivity index (χ1v) is 9.19. The van der Waals surface area contributed by atoms with E-state index in [0.29, 0.717) is 11.5 Å². The Balaban J connectivity index is 1.60. The van der Waals surface area contributed by atoms with E-state index >= 15 is 0 Å². The molecule has 2 N–H and O–H groups in total. The smallest absolute Gasteiger partial charge is 0.314 e. The zero-order valence-electron chi connectivity index (χ0n) is 16.7. The van der Waals surface area contributed by atoms with Crippen LogP contribution in [0, 0.1) is 10.1 Å². The molecule has 0 fully saturated rings. The Morgan fingerprint density at radius 3 is 2.55 bits per heavy atom. The van der Waals surface area contributed by atoms with Crippen molar-refractivity contribution >= 4 is 39.7 Å². The van der Waals surface area contributed by atoms with E-state index < -0.39 is 4.92 Å². The molecule has 0 bridgehead atoms. The molecule has 31 heavy (non-hydrogen) atoms. The normalized spacial score (nSPS) is 10.5. The zero-order chi connectivity index (χ0) is 21.8. The number of hydrogen-bond acceptors (Lipinski definition) is 9. The average Bonchev–Trinajstić information content (AvgIpc) is 2.78. The van der Waals surface area contributed by atoms with Gasteiger partial charge in [0.05, 0.1) is 48.3 Å². The predicted molar refractivity (Wildman–Crippen MR) is 117 cm³/mol. The summed E-state index contributed by atoms with van der Waals surface area (Å²) >= 11 is 0. The Bertz CT molecular complexity index is 1260. The summed E-state index contributed by atoms with van der Waals surface area (Å²) in [4.78, 5) is 23.8. The van der Waals surface area contributed by atoms with Gasteiger partial charge in [0.2, 0.25) is 5.95 Å². The molecule has 0 atom stereocenters. The molecule has 10 nitrogen and oxygen atoms in total. The molecule has 10 heteroatoms. The molecule has 2 aromatic heterocycles. The molecule has 0 saturated heterocycles. The summed E-state index contributed by atoms with van der Waals surface area (Å²) < 4.78 is 10.4. The number of benzene rings is 2. The van der Waals surface area contributed by atoms with E-state index in [4.69, 9.17) is 9.47 Å². The highest BCUT2D eigenvalue weighted by Crippen LogP contribution is 2.38. The number of para-hydroxylation sites is 1. The van der Waals surface area contributed by atoms with Gasteiger partial charge < -0.3 is 20.1 Å². The summed E-state index contributed by atoms with van der Waals surface area (Å²) in [5, 5.41) is 18.4. The second kappa shape index (κ2) is 8.49. The molecule has 0 saturated carbocycles. The molecule has 4 rings (SSSR count). The van der Waals surface area contributed by atoms with Gasteiger partial charge in [0.1, 0.15) is 11.6 Å². The number of fused-ring (bicyclic) bond motifs is 1. The van der Waals surface area contributed by atoms with Gasteiger partial charge in [-0.05, 0) is 18.2 Å². The fourth-order valence-corrected chi connectivity index (χ4v) is 3.02. The third-order valence-electron chi connectivity index (χ3n) is 4.46. The molecule has 0 amide bonds.